The Bertz CT molecular complexity index is 1010. The van der Waals surface area contributed by atoms with Crippen LogP contribution in [0.5, 0.6) is 5.88 Å². The first-order valence-electron chi connectivity index (χ1n) is 9.10. The number of ether oxygens (including phenoxy) is 1. The molecule has 4 rings (SSSR count). The largest absolute Gasteiger partial charge is 0.465 e. The molecule has 2 aromatic carbocycles. The van der Waals surface area contributed by atoms with Gasteiger partial charge in [0.15, 0.2) is 6.61 Å². The molecule has 1 aliphatic rings. The zero-order valence-corrected chi connectivity index (χ0v) is 16.2. The SMILES string of the molecule is O=C(COc1nsnc1-c1cccc(F)c1)N1CCN(c2ccccc2F)CC1. The average molecular weight is 416 g/mol. The molecule has 1 aromatic heterocycles. The molecule has 0 N–H and O–H groups in total. The van der Waals surface area contributed by atoms with E-state index in [1.807, 2.05) is 4.90 Å². The summed E-state index contributed by atoms with van der Waals surface area (Å²) < 4.78 is 41.2. The average Bonchev–Trinajstić information content (AvgIpc) is 3.21. The Hall–Kier alpha value is -3.07. The highest BCUT2D eigenvalue weighted by atomic mass is 32.1. The van der Waals surface area contributed by atoms with Crippen molar-refractivity contribution in [2.75, 3.05) is 37.7 Å². The Balaban J connectivity index is 1.34. The summed E-state index contributed by atoms with van der Waals surface area (Å²) in [6, 6.07) is 12.6. The predicted octanol–water partition coefficient (Wildman–Crippen LogP) is 3.21. The van der Waals surface area contributed by atoms with Gasteiger partial charge in [0.05, 0.1) is 17.4 Å². The van der Waals surface area contributed by atoms with Crippen molar-refractivity contribution in [1.29, 1.82) is 0 Å². The van der Waals surface area contributed by atoms with Gasteiger partial charge in [-0.15, -0.1) is 4.37 Å². The van der Waals surface area contributed by atoms with Crippen LogP contribution in [0, 0.1) is 11.6 Å². The fraction of sp³-hybridized carbons (Fsp3) is 0.250. The van der Waals surface area contributed by atoms with E-state index in [0.29, 0.717) is 43.1 Å². The number of anilines is 1. The number of carbonyl (C=O) groups excluding carboxylic acids is 1. The number of benzene rings is 2. The van der Waals surface area contributed by atoms with E-state index in [9.17, 15) is 13.6 Å². The van der Waals surface area contributed by atoms with Crippen LogP contribution in [-0.4, -0.2) is 52.3 Å². The number of halogens is 2. The fourth-order valence-corrected chi connectivity index (χ4v) is 3.73. The summed E-state index contributed by atoms with van der Waals surface area (Å²) in [6.45, 7) is 1.84. The summed E-state index contributed by atoms with van der Waals surface area (Å²) in [7, 11) is 0. The number of aromatic nitrogens is 2. The van der Waals surface area contributed by atoms with E-state index >= 15 is 0 Å². The lowest BCUT2D eigenvalue weighted by Gasteiger charge is -2.36. The van der Waals surface area contributed by atoms with Crippen molar-refractivity contribution in [2.45, 2.75) is 0 Å². The molecular formula is C20H18F2N4O2S. The first-order valence-corrected chi connectivity index (χ1v) is 9.83. The third-order valence-electron chi connectivity index (χ3n) is 4.71. The lowest BCUT2D eigenvalue weighted by Crippen LogP contribution is -2.50. The standard InChI is InChI=1S/C20H18F2N4O2S/c21-15-5-3-4-14(12-15)19-20(24-29-23-19)28-13-18(27)26-10-8-25(9-11-26)17-7-2-1-6-16(17)22/h1-7,12H,8-11,13H2. The van der Waals surface area contributed by atoms with Crippen molar-refractivity contribution in [3.8, 4) is 17.1 Å². The quantitative estimate of drug-likeness (QED) is 0.639. The van der Waals surface area contributed by atoms with Gasteiger partial charge in [-0.3, -0.25) is 4.79 Å². The second kappa shape index (κ2) is 8.52. The minimum Gasteiger partial charge on any atom is -0.465 e. The van der Waals surface area contributed by atoms with Crippen LogP contribution in [0.2, 0.25) is 0 Å². The summed E-state index contributed by atoms with van der Waals surface area (Å²) >= 11 is 0.939. The summed E-state index contributed by atoms with van der Waals surface area (Å²) in [5, 5.41) is 0. The molecule has 1 fully saturated rings. The van der Waals surface area contributed by atoms with Crippen molar-refractivity contribution >= 4 is 23.3 Å². The molecule has 2 heterocycles. The van der Waals surface area contributed by atoms with Crippen molar-refractivity contribution in [1.82, 2.24) is 13.6 Å². The third kappa shape index (κ3) is 4.34. The Labute approximate surface area is 170 Å². The highest BCUT2D eigenvalue weighted by Gasteiger charge is 2.23. The maximum Gasteiger partial charge on any atom is 0.260 e. The topological polar surface area (TPSA) is 58.6 Å². The molecule has 150 valence electrons. The molecule has 6 nitrogen and oxygen atoms in total. The van der Waals surface area contributed by atoms with Crippen LogP contribution in [0.1, 0.15) is 0 Å². The second-order valence-corrected chi connectivity index (χ2v) is 7.06. The zero-order chi connectivity index (χ0) is 20.2. The first-order chi connectivity index (χ1) is 14.1. The van der Waals surface area contributed by atoms with Crippen LogP contribution in [0.15, 0.2) is 48.5 Å². The van der Waals surface area contributed by atoms with Crippen molar-refractivity contribution in [3.63, 3.8) is 0 Å². The number of nitrogens with zero attached hydrogens (tertiary/aromatic N) is 4. The highest BCUT2D eigenvalue weighted by molar-refractivity contribution is 6.99. The number of carbonyl (C=O) groups is 1. The first kappa shape index (κ1) is 19.3. The number of hydrogen-bond acceptors (Lipinski definition) is 6. The van der Waals surface area contributed by atoms with Gasteiger partial charge < -0.3 is 14.5 Å². The van der Waals surface area contributed by atoms with Gasteiger partial charge in [-0.2, -0.15) is 4.37 Å². The Morgan fingerprint density at radius 2 is 1.83 bits per heavy atom. The van der Waals surface area contributed by atoms with Crippen LogP contribution in [0.3, 0.4) is 0 Å². The van der Waals surface area contributed by atoms with Gasteiger partial charge in [0.1, 0.15) is 17.3 Å². The lowest BCUT2D eigenvalue weighted by atomic mass is 10.1. The number of amides is 1. The molecule has 1 aliphatic heterocycles. The van der Waals surface area contributed by atoms with Crippen molar-refractivity contribution in [2.24, 2.45) is 0 Å². The van der Waals surface area contributed by atoms with Gasteiger partial charge in [0.2, 0.25) is 0 Å². The van der Waals surface area contributed by atoms with Crippen LogP contribution >= 0.6 is 11.7 Å². The lowest BCUT2D eigenvalue weighted by molar-refractivity contribution is -0.133. The summed E-state index contributed by atoms with van der Waals surface area (Å²) in [5.41, 5.74) is 1.50. The molecule has 3 aromatic rings. The maximum atomic E-state index is 13.9. The Morgan fingerprint density at radius 3 is 2.59 bits per heavy atom. The molecule has 9 heteroatoms. The van der Waals surface area contributed by atoms with Gasteiger partial charge in [0, 0.05) is 31.7 Å². The Morgan fingerprint density at radius 1 is 1.03 bits per heavy atom. The highest BCUT2D eigenvalue weighted by Crippen LogP contribution is 2.28. The second-order valence-electron chi connectivity index (χ2n) is 6.54. The molecule has 0 atom stereocenters. The van der Waals surface area contributed by atoms with Crippen LogP contribution < -0.4 is 9.64 Å². The minimum atomic E-state index is -0.384. The summed E-state index contributed by atoms with van der Waals surface area (Å²) in [5.74, 6) is -0.628. The Kier molecular flexibility index (Phi) is 5.66. The molecule has 1 amide bonds. The molecule has 0 aliphatic carbocycles. The summed E-state index contributed by atoms with van der Waals surface area (Å²) in [4.78, 5) is 16.1. The van der Waals surface area contributed by atoms with Gasteiger partial charge in [-0.25, -0.2) is 8.78 Å². The summed E-state index contributed by atoms with van der Waals surface area (Å²) in [6.07, 6.45) is 0. The van der Waals surface area contributed by atoms with Crippen LogP contribution in [0.4, 0.5) is 14.5 Å². The molecule has 29 heavy (non-hydrogen) atoms. The van der Waals surface area contributed by atoms with Gasteiger partial charge in [-0.1, -0.05) is 24.3 Å². The van der Waals surface area contributed by atoms with Crippen LogP contribution in [0.25, 0.3) is 11.3 Å². The van der Waals surface area contributed by atoms with Gasteiger partial charge in [0.25, 0.3) is 11.8 Å². The van der Waals surface area contributed by atoms with E-state index in [4.69, 9.17) is 4.74 Å². The van der Waals surface area contributed by atoms with E-state index in [1.54, 1.807) is 35.2 Å². The third-order valence-corrected chi connectivity index (χ3v) is 5.23. The molecule has 0 saturated carbocycles. The van der Waals surface area contributed by atoms with E-state index in [0.717, 1.165) is 11.7 Å². The molecule has 0 radical (unpaired) electrons. The smallest absolute Gasteiger partial charge is 0.260 e. The molecule has 0 bridgehead atoms. The molecular weight excluding hydrogens is 398 g/mol. The maximum absolute atomic E-state index is 13.9. The van der Waals surface area contributed by atoms with Gasteiger partial charge in [-0.05, 0) is 24.3 Å². The van der Waals surface area contributed by atoms with Crippen molar-refractivity contribution in [3.05, 3.63) is 60.2 Å². The number of hydrogen-bond donors (Lipinski definition) is 0. The van der Waals surface area contributed by atoms with E-state index in [2.05, 4.69) is 8.75 Å². The van der Waals surface area contributed by atoms with Crippen LogP contribution in [-0.2, 0) is 4.79 Å². The van der Waals surface area contributed by atoms with Crippen molar-refractivity contribution < 1.29 is 18.3 Å². The minimum absolute atomic E-state index is 0.184. The monoisotopic (exact) mass is 416 g/mol. The zero-order valence-electron chi connectivity index (χ0n) is 15.4. The van der Waals surface area contributed by atoms with Gasteiger partial charge >= 0.3 is 0 Å². The number of rotatable bonds is 5. The molecule has 1 saturated heterocycles. The molecule has 0 spiro atoms. The predicted molar refractivity (Wildman–Crippen MR) is 106 cm³/mol. The van der Waals surface area contributed by atoms with E-state index in [-0.39, 0.29) is 30.0 Å². The van der Waals surface area contributed by atoms with E-state index < -0.39 is 0 Å². The normalized spacial score (nSPS) is 14.1. The number of piperazine rings is 1. The molecule has 0 unspecified atom stereocenters. The number of para-hydroxylation sites is 1. The van der Waals surface area contributed by atoms with E-state index in [1.165, 1.54) is 18.2 Å². The fourth-order valence-electron chi connectivity index (χ4n) is 3.21.